The smallest absolute Gasteiger partial charge is 0.258 e. The number of benzene rings is 1. The summed E-state index contributed by atoms with van der Waals surface area (Å²) in [5.41, 5.74) is 7.39. The molecule has 1 heterocycles. The molecule has 0 unspecified atom stereocenters. The maximum absolute atomic E-state index is 11.7. The van der Waals surface area contributed by atoms with Crippen molar-refractivity contribution in [3.63, 3.8) is 0 Å². The summed E-state index contributed by atoms with van der Waals surface area (Å²) in [6.07, 6.45) is 1.43. The Labute approximate surface area is 93.1 Å². The Kier molecular flexibility index (Phi) is 2.64. The van der Waals surface area contributed by atoms with Gasteiger partial charge in [0.25, 0.3) is 5.91 Å². The molecule has 0 saturated carbocycles. The third-order valence-corrected chi connectivity index (χ3v) is 2.14. The summed E-state index contributed by atoms with van der Waals surface area (Å²) in [5, 5.41) is 2.73. The number of hydrogen-bond donors (Lipinski definition) is 2. The van der Waals surface area contributed by atoms with Gasteiger partial charge in [-0.15, -0.1) is 0 Å². The predicted molar refractivity (Wildman–Crippen MR) is 62.3 cm³/mol. The first-order valence-electron chi connectivity index (χ1n) is 4.87. The number of nitrogens with one attached hydrogen (secondary N) is 1. The van der Waals surface area contributed by atoms with Crippen LogP contribution >= 0.6 is 0 Å². The van der Waals surface area contributed by atoms with Crippen molar-refractivity contribution < 1.29 is 9.21 Å². The molecule has 2 rings (SSSR count). The monoisotopic (exact) mass is 216 g/mol. The molecule has 0 atom stereocenters. The van der Waals surface area contributed by atoms with Gasteiger partial charge >= 0.3 is 0 Å². The van der Waals surface area contributed by atoms with Gasteiger partial charge in [-0.1, -0.05) is 6.07 Å². The van der Waals surface area contributed by atoms with E-state index in [0.717, 1.165) is 0 Å². The highest BCUT2D eigenvalue weighted by Gasteiger charge is 2.08. The summed E-state index contributed by atoms with van der Waals surface area (Å²) in [4.78, 5) is 11.7. The summed E-state index contributed by atoms with van der Waals surface area (Å²) in [6, 6.07) is 8.71. The first-order chi connectivity index (χ1) is 7.65. The Morgan fingerprint density at radius 3 is 2.81 bits per heavy atom. The lowest BCUT2D eigenvalue weighted by Gasteiger charge is -2.03. The van der Waals surface area contributed by atoms with Crippen LogP contribution in [0.1, 0.15) is 16.1 Å². The van der Waals surface area contributed by atoms with Crippen LogP contribution in [-0.4, -0.2) is 5.91 Å². The van der Waals surface area contributed by atoms with E-state index in [1.54, 1.807) is 37.3 Å². The average molecular weight is 216 g/mol. The van der Waals surface area contributed by atoms with Gasteiger partial charge in [-0.25, -0.2) is 0 Å². The minimum atomic E-state index is -0.206. The van der Waals surface area contributed by atoms with E-state index in [-0.39, 0.29) is 5.91 Å². The van der Waals surface area contributed by atoms with Crippen LogP contribution in [0.15, 0.2) is 41.0 Å². The number of anilines is 2. The van der Waals surface area contributed by atoms with E-state index in [1.807, 2.05) is 0 Å². The van der Waals surface area contributed by atoms with Crippen LogP contribution < -0.4 is 11.1 Å². The highest BCUT2D eigenvalue weighted by molar-refractivity contribution is 6.04. The standard InChI is InChI=1S/C12H12N2O2/c1-8-5-9(7-16-8)12(15)14-11-4-2-3-10(13)6-11/h2-7H,13H2,1H3,(H,14,15). The number of furan rings is 1. The molecule has 0 aliphatic rings. The van der Waals surface area contributed by atoms with Gasteiger partial charge in [0.2, 0.25) is 0 Å². The van der Waals surface area contributed by atoms with E-state index >= 15 is 0 Å². The normalized spacial score (nSPS) is 10.1. The van der Waals surface area contributed by atoms with Crippen LogP contribution in [-0.2, 0) is 0 Å². The van der Waals surface area contributed by atoms with Crippen molar-refractivity contribution in [2.45, 2.75) is 6.92 Å². The Bertz CT molecular complexity index is 517. The molecule has 16 heavy (non-hydrogen) atoms. The third kappa shape index (κ3) is 2.23. The molecule has 4 nitrogen and oxygen atoms in total. The minimum absolute atomic E-state index is 0.206. The fraction of sp³-hybridized carbons (Fsp3) is 0.0833. The summed E-state index contributed by atoms with van der Waals surface area (Å²) in [5.74, 6) is 0.500. The molecule has 0 saturated heterocycles. The molecule has 1 amide bonds. The molecule has 2 aromatic rings. The van der Waals surface area contributed by atoms with Crippen molar-refractivity contribution in [3.05, 3.63) is 47.9 Å². The van der Waals surface area contributed by atoms with Gasteiger partial charge in [0.05, 0.1) is 5.56 Å². The van der Waals surface area contributed by atoms with Crippen LogP contribution in [0.5, 0.6) is 0 Å². The molecule has 0 aliphatic heterocycles. The molecule has 1 aromatic heterocycles. The quantitative estimate of drug-likeness (QED) is 0.757. The number of carbonyl (C=O) groups is 1. The Balaban J connectivity index is 2.13. The first kappa shape index (κ1) is 10.3. The molecule has 0 fully saturated rings. The second-order valence-corrected chi connectivity index (χ2v) is 3.53. The van der Waals surface area contributed by atoms with Gasteiger partial charge in [-0.05, 0) is 31.2 Å². The topological polar surface area (TPSA) is 68.3 Å². The summed E-state index contributed by atoms with van der Waals surface area (Å²) < 4.78 is 5.06. The van der Waals surface area contributed by atoms with E-state index in [4.69, 9.17) is 10.2 Å². The highest BCUT2D eigenvalue weighted by Crippen LogP contribution is 2.14. The van der Waals surface area contributed by atoms with Gasteiger partial charge in [-0.3, -0.25) is 4.79 Å². The van der Waals surface area contributed by atoms with Gasteiger partial charge in [0.15, 0.2) is 0 Å². The molecule has 0 bridgehead atoms. The largest absolute Gasteiger partial charge is 0.469 e. The highest BCUT2D eigenvalue weighted by atomic mass is 16.3. The van der Waals surface area contributed by atoms with Crippen molar-refractivity contribution in [3.8, 4) is 0 Å². The lowest BCUT2D eigenvalue weighted by Crippen LogP contribution is -2.10. The van der Waals surface area contributed by atoms with Crippen molar-refractivity contribution in [2.75, 3.05) is 11.1 Å². The van der Waals surface area contributed by atoms with Crippen LogP contribution in [0.25, 0.3) is 0 Å². The second-order valence-electron chi connectivity index (χ2n) is 3.53. The number of aryl methyl sites for hydroxylation is 1. The molecule has 4 heteroatoms. The van der Waals surface area contributed by atoms with Gasteiger partial charge in [-0.2, -0.15) is 0 Å². The van der Waals surface area contributed by atoms with Crippen LogP contribution in [0.4, 0.5) is 11.4 Å². The summed E-state index contributed by atoms with van der Waals surface area (Å²) >= 11 is 0. The summed E-state index contributed by atoms with van der Waals surface area (Å²) in [6.45, 7) is 1.79. The zero-order valence-corrected chi connectivity index (χ0v) is 8.86. The van der Waals surface area contributed by atoms with E-state index in [2.05, 4.69) is 5.32 Å². The van der Waals surface area contributed by atoms with Crippen molar-refractivity contribution in [2.24, 2.45) is 0 Å². The molecule has 0 radical (unpaired) electrons. The number of carbonyl (C=O) groups excluding carboxylic acids is 1. The van der Waals surface area contributed by atoms with E-state index in [0.29, 0.717) is 22.7 Å². The maximum atomic E-state index is 11.7. The Hall–Kier alpha value is -2.23. The number of amides is 1. The van der Waals surface area contributed by atoms with Gasteiger partial charge in [0.1, 0.15) is 12.0 Å². The molecular formula is C12H12N2O2. The fourth-order valence-electron chi connectivity index (χ4n) is 1.38. The molecule has 0 spiro atoms. The third-order valence-electron chi connectivity index (χ3n) is 2.14. The molecule has 1 aromatic carbocycles. The zero-order chi connectivity index (χ0) is 11.5. The average Bonchev–Trinajstić information content (AvgIpc) is 2.65. The molecule has 3 N–H and O–H groups in total. The van der Waals surface area contributed by atoms with Crippen molar-refractivity contribution >= 4 is 17.3 Å². The van der Waals surface area contributed by atoms with E-state index < -0.39 is 0 Å². The van der Waals surface area contributed by atoms with Crippen LogP contribution in [0.3, 0.4) is 0 Å². The fourth-order valence-corrected chi connectivity index (χ4v) is 1.38. The second kappa shape index (κ2) is 4.10. The number of rotatable bonds is 2. The number of nitrogen functional groups attached to an aromatic ring is 1. The van der Waals surface area contributed by atoms with E-state index in [1.165, 1.54) is 6.26 Å². The summed E-state index contributed by atoms with van der Waals surface area (Å²) in [7, 11) is 0. The van der Waals surface area contributed by atoms with E-state index in [9.17, 15) is 4.79 Å². The van der Waals surface area contributed by atoms with Crippen LogP contribution in [0, 0.1) is 6.92 Å². The maximum Gasteiger partial charge on any atom is 0.258 e. The van der Waals surface area contributed by atoms with Gasteiger partial charge in [0, 0.05) is 11.4 Å². The van der Waals surface area contributed by atoms with Crippen molar-refractivity contribution in [1.82, 2.24) is 0 Å². The zero-order valence-electron chi connectivity index (χ0n) is 8.86. The number of nitrogens with two attached hydrogens (primary N) is 1. The van der Waals surface area contributed by atoms with Gasteiger partial charge < -0.3 is 15.5 Å². The van der Waals surface area contributed by atoms with Crippen molar-refractivity contribution in [1.29, 1.82) is 0 Å². The predicted octanol–water partition coefficient (Wildman–Crippen LogP) is 2.42. The SMILES string of the molecule is Cc1cc(C(=O)Nc2cccc(N)c2)co1. The lowest BCUT2D eigenvalue weighted by atomic mass is 10.2. The Morgan fingerprint density at radius 1 is 1.38 bits per heavy atom. The molecular weight excluding hydrogens is 204 g/mol. The van der Waals surface area contributed by atoms with Crippen LogP contribution in [0.2, 0.25) is 0 Å². The first-order valence-corrected chi connectivity index (χ1v) is 4.87. The number of hydrogen-bond acceptors (Lipinski definition) is 3. The molecule has 0 aliphatic carbocycles. The Morgan fingerprint density at radius 2 is 2.19 bits per heavy atom. The molecule has 82 valence electrons. The lowest BCUT2D eigenvalue weighted by molar-refractivity contribution is 0.102. The minimum Gasteiger partial charge on any atom is -0.469 e.